The van der Waals surface area contributed by atoms with Crippen LogP contribution in [-0.2, 0) is 24.0 Å². The van der Waals surface area contributed by atoms with Crippen LogP contribution in [-0.4, -0.2) is 28.9 Å². The van der Waals surface area contributed by atoms with Crippen LogP contribution in [0.4, 0.5) is 0 Å². The van der Waals surface area contributed by atoms with Crippen molar-refractivity contribution < 1.29 is 24.0 Å². The van der Waals surface area contributed by atoms with Crippen LogP contribution in [0.5, 0.6) is 0 Å². The second kappa shape index (κ2) is 27.9. The molecule has 1 unspecified atom stereocenters. The third kappa shape index (κ3) is 43.6. The predicted molar refractivity (Wildman–Crippen MR) is 169 cm³/mol. The number of hydrogen-bond acceptors (Lipinski definition) is 5. The lowest BCUT2D eigenvalue weighted by Gasteiger charge is -2.09. The summed E-state index contributed by atoms with van der Waals surface area (Å²) in [4.78, 5) is 52.4. The van der Waals surface area contributed by atoms with E-state index in [-0.39, 0.29) is 23.5 Å². The molecule has 0 bridgehead atoms. The molecule has 0 saturated carbocycles. The lowest BCUT2D eigenvalue weighted by atomic mass is 9.95. The highest BCUT2D eigenvalue weighted by molar-refractivity contribution is 5.78. The van der Waals surface area contributed by atoms with Gasteiger partial charge in [0, 0.05) is 30.6 Å². The second-order valence-electron chi connectivity index (χ2n) is 12.9. The summed E-state index contributed by atoms with van der Waals surface area (Å²) in [5.74, 6) is 4.83. The van der Waals surface area contributed by atoms with Crippen molar-refractivity contribution in [2.24, 2.45) is 47.3 Å². The normalized spacial score (nSPS) is 12.5. The third-order valence-electron chi connectivity index (χ3n) is 6.69. The molecule has 5 nitrogen and oxygen atoms in total. The Morgan fingerprint density at radius 1 is 0.410 bits per heavy atom. The second-order valence-corrected chi connectivity index (χ2v) is 12.9. The number of ketones is 5. The molecular formula is C34H68O5. The van der Waals surface area contributed by atoms with E-state index >= 15 is 0 Å². The van der Waals surface area contributed by atoms with Gasteiger partial charge < -0.3 is 9.59 Å². The zero-order valence-electron chi connectivity index (χ0n) is 29.3. The number of carbonyl (C=O) groups is 5. The quantitative estimate of drug-likeness (QED) is 0.253. The molecule has 0 radical (unpaired) electrons. The maximum atomic E-state index is 10.6. The molecule has 0 fully saturated rings. The van der Waals surface area contributed by atoms with Gasteiger partial charge in [0.25, 0.3) is 0 Å². The lowest BCUT2D eigenvalue weighted by molar-refractivity contribution is -0.122. The molecule has 0 spiro atoms. The Bertz CT molecular complexity index is 599. The molecule has 0 N–H and O–H groups in total. The number of rotatable bonds is 11. The van der Waals surface area contributed by atoms with Gasteiger partial charge in [-0.25, -0.2) is 0 Å². The van der Waals surface area contributed by atoms with E-state index < -0.39 is 0 Å². The molecule has 0 amide bonds. The summed E-state index contributed by atoms with van der Waals surface area (Å²) in [5.41, 5.74) is 0. The van der Waals surface area contributed by atoms with Gasteiger partial charge in [0.1, 0.15) is 28.9 Å². The molecule has 0 saturated heterocycles. The smallest absolute Gasteiger partial charge is 0.132 e. The monoisotopic (exact) mass is 557 g/mol. The Hall–Kier alpha value is -1.65. The molecule has 0 aromatic carbocycles. The van der Waals surface area contributed by atoms with Gasteiger partial charge in [-0.2, -0.15) is 0 Å². The maximum Gasteiger partial charge on any atom is 0.132 e. The molecule has 3 atom stereocenters. The largest absolute Gasteiger partial charge is 0.300 e. The zero-order chi connectivity index (χ0) is 32.6. The van der Waals surface area contributed by atoms with Crippen molar-refractivity contribution in [3.63, 3.8) is 0 Å². The van der Waals surface area contributed by atoms with Crippen molar-refractivity contribution in [3.8, 4) is 0 Å². The van der Waals surface area contributed by atoms with Gasteiger partial charge >= 0.3 is 0 Å². The molecule has 0 aromatic rings. The average Bonchev–Trinajstić information content (AvgIpc) is 2.76. The Morgan fingerprint density at radius 3 is 0.692 bits per heavy atom. The first-order chi connectivity index (χ1) is 17.4. The summed E-state index contributed by atoms with van der Waals surface area (Å²) in [7, 11) is 0. The molecule has 0 heterocycles. The van der Waals surface area contributed by atoms with Crippen molar-refractivity contribution in [1.82, 2.24) is 0 Å². The summed E-state index contributed by atoms with van der Waals surface area (Å²) < 4.78 is 0. The van der Waals surface area contributed by atoms with Gasteiger partial charge in [0.15, 0.2) is 0 Å². The van der Waals surface area contributed by atoms with Crippen molar-refractivity contribution in [2.75, 3.05) is 0 Å². The molecule has 234 valence electrons. The number of carbonyl (C=O) groups excluding carboxylic acids is 5. The van der Waals surface area contributed by atoms with Gasteiger partial charge in [-0.15, -0.1) is 0 Å². The Labute approximate surface area is 244 Å². The standard InChI is InChI=1S/4C7H14O.C6H12O/c1-6(2)4-5-7(3)8;3*1-5(2)6(3)7(4)8;1-5(2)4-6(3)7/h6H,4-5H2,1-3H3;3*5-6H,1-4H3;5H,4H2,1-3H3/t;2*6-;;/m.10../s1. The first-order valence-electron chi connectivity index (χ1n) is 14.9. The van der Waals surface area contributed by atoms with Crippen LogP contribution >= 0.6 is 0 Å². The van der Waals surface area contributed by atoms with Crippen molar-refractivity contribution in [1.29, 1.82) is 0 Å². The van der Waals surface area contributed by atoms with E-state index in [1.807, 2.05) is 34.6 Å². The molecule has 39 heavy (non-hydrogen) atoms. The minimum absolute atomic E-state index is 0.231. The summed E-state index contributed by atoms with van der Waals surface area (Å²) in [6.07, 6.45) is 2.51. The third-order valence-corrected chi connectivity index (χ3v) is 6.69. The molecule has 0 aromatic heterocycles. The highest BCUT2D eigenvalue weighted by Gasteiger charge is 2.11. The van der Waals surface area contributed by atoms with E-state index in [1.54, 1.807) is 34.6 Å². The van der Waals surface area contributed by atoms with Crippen molar-refractivity contribution in [2.45, 2.75) is 144 Å². The van der Waals surface area contributed by atoms with Crippen LogP contribution in [0.15, 0.2) is 0 Å². The molecule has 0 aliphatic carbocycles. The van der Waals surface area contributed by atoms with E-state index in [1.165, 1.54) is 0 Å². The van der Waals surface area contributed by atoms with Crippen LogP contribution < -0.4 is 0 Å². The average molecular weight is 557 g/mol. The highest BCUT2D eigenvalue weighted by atomic mass is 16.1. The van der Waals surface area contributed by atoms with E-state index in [0.29, 0.717) is 52.7 Å². The fraction of sp³-hybridized carbons (Fsp3) is 0.853. The van der Waals surface area contributed by atoms with E-state index in [2.05, 4.69) is 55.4 Å². The maximum absolute atomic E-state index is 10.6. The SMILES string of the molecule is CC(=O)C(C)C(C)C.CC(=O)CC(C)C.CC(=O)CCC(C)C.CC(=O)[C@@H](C)C(C)C.CC(=O)[C@H](C)C(C)C. The van der Waals surface area contributed by atoms with Gasteiger partial charge in [0.05, 0.1) is 0 Å². The Kier molecular flexibility index (Phi) is 33.7. The van der Waals surface area contributed by atoms with Crippen LogP contribution in [0.3, 0.4) is 0 Å². The zero-order valence-corrected chi connectivity index (χ0v) is 29.3. The summed E-state index contributed by atoms with van der Waals surface area (Å²) in [6.45, 7) is 34.8. The summed E-state index contributed by atoms with van der Waals surface area (Å²) in [5, 5.41) is 0. The summed E-state index contributed by atoms with van der Waals surface area (Å²) in [6, 6.07) is 0. The Balaban J connectivity index is -0.000000124. The topological polar surface area (TPSA) is 85.3 Å². The van der Waals surface area contributed by atoms with E-state index in [9.17, 15) is 24.0 Å². The fourth-order valence-electron chi connectivity index (χ4n) is 2.48. The molecule has 0 rings (SSSR count). The van der Waals surface area contributed by atoms with E-state index in [0.717, 1.165) is 19.3 Å². The molecular weight excluding hydrogens is 488 g/mol. The molecule has 0 aliphatic heterocycles. The molecule has 0 aliphatic rings. The van der Waals surface area contributed by atoms with Gasteiger partial charge in [-0.1, -0.05) is 90.0 Å². The minimum Gasteiger partial charge on any atom is -0.300 e. The highest BCUT2D eigenvalue weighted by Crippen LogP contribution is 2.10. The first kappa shape index (κ1) is 47.2. The number of Topliss-reactive ketones (excluding diaryl/α,β-unsaturated/α-hetero) is 5. The van der Waals surface area contributed by atoms with Gasteiger partial charge in [-0.3, -0.25) is 14.4 Å². The van der Waals surface area contributed by atoms with Crippen LogP contribution in [0, 0.1) is 47.3 Å². The van der Waals surface area contributed by atoms with Gasteiger partial charge in [0.2, 0.25) is 0 Å². The summed E-state index contributed by atoms with van der Waals surface area (Å²) >= 11 is 0. The van der Waals surface area contributed by atoms with Crippen LogP contribution in [0.1, 0.15) is 144 Å². The fourth-order valence-corrected chi connectivity index (χ4v) is 2.48. The van der Waals surface area contributed by atoms with Crippen molar-refractivity contribution in [3.05, 3.63) is 0 Å². The molecule has 5 heteroatoms. The van der Waals surface area contributed by atoms with E-state index in [4.69, 9.17) is 0 Å². The predicted octanol–water partition coefficient (Wildman–Crippen LogP) is 9.24. The Morgan fingerprint density at radius 2 is 0.667 bits per heavy atom. The van der Waals surface area contributed by atoms with Gasteiger partial charge in [-0.05, 0) is 70.6 Å². The van der Waals surface area contributed by atoms with Crippen LogP contribution in [0.25, 0.3) is 0 Å². The van der Waals surface area contributed by atoms with Crippen molar-refractivity contribution >= 4 is 28.9 Å². The number of hydrogen-bond donors (Lipinski definition) is 0. The van der Waals surface area contributed by atoms with Crippen LogP contribution in [0.2, 0.25) is 0 Å². The minimum atomic E-state index is 0.231. The first-order valence-corrected chi connectivity index (χ1v) is 14.9. The lowest BCUT2D eigenvalue weighted by Crippen LogP contribution is -2.12.